The molecule has 1 fully saturated rings. The Kier molecular flexibility index (Phi) is 42.9. The maximum atomic E-state index is 14.8. The number of thiophene rings is 1. The molecule has 1 aliphatic rings. The lowest BCUT2D eigenvalue weighted by atomic mass is 9.96. The second kappa shape index (κ2) is 54.9. The molecule has 10 rings (SSSR count). The van der Waals surface area contributed by atoms with Gasteiger partial charge < -0.3 is 112 Å². The third-order valence-electron chi connectivity index (χ3n) is 21.7. The molecule has 6 amide bonds. The molecule has 0 unspecified atom stereocenters. The molecule has 0 bridgehead atoms. The topological polar surface area (TPSA) is 382 Å². The first-order chi connectivity index (χ1) is 65.2. The second-order valence-electron chi connectivity index (χ2n) is 33.5. The standard InChI is InChI=1S/C98H126ClFN12O22S/c1-66(2)87(109-96(117)134-98(4,5)6)91(114)108-79(19-16-35-103-95(101)116)90(113)107-74-29-26-71(72(59-74)61-110(7)97(118)130-58-57-128-56-55-127-54-53-126-52-51-125-50-49-124-48-47-123-46-45-122-44-43-119-9)62-112(8)40-37-111(38-41-112)39-42-129-82-33-32-77(67(3)86(82)99)84-85-92(104-65-105-93(85)135-88(84)69-24-27-73(100)28-25-69)133-83(94(115)132-63-68-22-30-76(120-10)31-23-68)60-70-17-12-14-20-80(70)131-64-75-34-36-102-89(106-75)78-18-13-15-21-81(78)121-11/h12-15,17-18,20-34,36,59,65-66,79,83,87H,16,19,35,37-58,60-64H2,1-11H3,(H5-,101,103,107,108,109,113,114,116,117)/p+1/t79-,83-,87-/m1/s1. The maximum Gasteiger partial charge on any atom is 0.409 e. The Bertz CT molecular complexity index is 5250. The van der Waals surface area contributed by atoms with Crippen molar-refractivity contribution in [2.75, 3.05) is 192 Å². The summed E-state index contributed by atoms with van der Waals surface area (Å²) in [6.07, 6.45) is 0.574. The first-order valence-electron chi connectivity index (χ1n) is 45.0. The molecule has 6 aromatic carbocycles. The molecule has 135 heavy (non-hydrogen) atoms. The number of rotatable bonds is 57. The van der Waals surface area contributed by atoms with Crippen LogP contribution in [0, 0.1) is 18.7 Å². The van der Waals surface area contributed by atoms with Crippen LogP contribution in [-0.2, 0) is 99.2 Å². The van der Waals surface area contributed by atoms with Gasteiger partial charge in [0.25, 0.3) is 0 Å². The number of carbonyl (C=O) groups excluding carboxylic acids is 6. The van der Waals surface area contributed by atoms with E-state index in [2.05, 4.69) is 38.2 Å². The first kappa shape index (κ1) is 106. The van der Waals surface area contributed by atoms with Crippen molar-refractivity contribution < 1.29 is 113 Å². The minimum absolute atomic E-state index is 0.0350. The van der Waals surface area contributed by atoms with Crippen LogP contribution in [0.4, 0.5) is 24.5 Å². The number of halogens is 2. The van der Waals surface area contributed by atoms with Crippen molar-refractivity contribution in [2.24, 2.45) is 11.7 Å². The smallest absolute Gasteiger partial charge is 0.409 e. The predicted octanol–water partition coefficient (Wildman–Crippen LogP) is 13.0. The Labute approximate surface area is 796 Å². The number of anilines is 1. The number of carbonyl (C=O) groups is 6. The van der Waals surface area contributed by atoms with E-state index in [1.165, 1.54) is 34.7 Å². The molecule has 1 aliphatic heterocycles. The molecule has 0 aliphatic carbocycles. The molecule has 3 atom stereocenters. The summed E-state index contributed by atoms with van der Waals surface area (Å²) in [7, 11) is 8.58. The SMILES string of the molecule is COCCOCCOCCOCCOCCOCCOCCOCCOC(=O)N(C)Cc1cc(NC(=O)[C@@H](CCCNC(N)=O)NC(=O)[C@H](NC(=O)OC(C)(C)C)C(C)C)ccc1C[N+]1(C)CCN(CCOc2ccc(-c3c(-c4ccc(F)cc4)sc4ncnc(O[C@H](Cc5ccccc5OCc5ccnc(-c6ccccc6OC)n5)C(=O)OCc5ccc(OC)cc5)c34)c(C)c2Cl)CC1. The van der Waals surface area contributed by atoms with Gasteiger partial charge in [-0.3, -0.25) is 14.5 Å². The third kappa shape index (κ3) is 34.4. The number of likely N-dealkylation sites (N-methyl/N-ethyl adjacent to an activating group) is 1. The summed E-state index contributed by atoms with van der Waals surface area (Å²) >= 11 is 8.79. The number of para-hydroxylation sites is 2. The lowest BCUT2D eigenvalue weighted by molar-refractivity contribution is -0.926. The van der Waals surface area contributed by atoms with Gasteiger partial charge in [0.15, 0.2) is 5.82 Å². The van der Waals surface area contributed by atoms with E-state index in [0.29, 0.717) is 221 Å². The quantitative estimate of drug-likeness (QED) is 0.0102. The van der Waals surface area contributed by atoms with Gasteiger partial charge in [0.05, 0.1) is 155 Å². The van der Waals surface area contributed by atoms with Crippen molar-refractivity contribution in [3.05, 3.63) is 190 Å². The van der Waals surface area contributed by atoms with Crippen LogP contribution in [0.25, 0.3) is 43.2 Å². The van der Waals surface area contributed by atoms with Gasteiger partial charge in [-0.1, -0.05) is 92.2 Å². The van der Waals surface area contributed by atoms with Gasteiger partial charge >= 0.3 is 24.2 Å². The normalized spacial score (nSPS) is 13.3. The fourth-order valence-corrected chi connectivity index (χ4v) is 15.9. The number of fused-ring (bicyclic) bond motifs is 1. The van der Waals surface area contributed by atoms with Gasteiger partial charge in [0.1, 0.15) is 90.6 Å². The average molecular weight is 1910 g/mol. The summed E-state index contributed by atoms with van der Waals surface area (Å²) in [6.45, 7) is 20.8. The average Bonchev–Trinajstić information content (AvgIpc) is 1.60. The number of urea groups is 1. The van der Waals surface area contributed by atoms with E-state index < -0.39 is 71.5 Å². The first-order valence-corrected chi connectivity index (χ1v) is 46.2. The summed E-state index contributed by atoms with van der Waals surface area (Å²) in [5, 5.41) is 11.8. The number of nitrogens with two attached hydrogens (primary N) is 1. The van der Waals surface area contributed by atoms with E-state index in [1.807, 2.05) is 79.7 Å². The van der Waals surface area contributed by atoms with Crippen molar-refractivity contribution >= 4 is 74.8 Å². The number of hydrogen-bond donors (Lipinski definition) is 5. The fourth-order valence-electron chi connectivity index (χ4n) is 14.5. The van der Waals surface area contributed by atoms with Crippen molar-refractivity contribution in [1.29, 1.82) is 0 Å². The Morgan fingerprint density at radius 3 is 1.92 bits per heavy atom. The second-order valence-corrected chi connectivity index (χ2v) is 34.8. The molecule has 730 valence electrons. The van der Waals surface area contributed by atoms with Crippen LogP contribution >= 0.6 is 22.9 Å². The van der Waals surface area contributed by atoms with Crippen LogP contribution in [0.2, 0.25) is 5.02 Å². The number of nitrogens with zero attached hydrogens (tertiary/aromatic N) is 7. The molecular formula is C98H127ClFN12O22S+. The molecule has 34 nitrogen and oxygen atoms in total. The molecule has 0 spiro atoms. The van der Waals surface area contributed by atoms with Gasteiger partial charge in [0.2, 0.25) is 23.8 Å². The van der Waals surface area contributed by atoms with Gasteiger partial charge in [-0.05, 0) is 147 Å². The largest absolute Gasteiger partial charge is 0.497 e. The van der Waals surface area contributed by atoms with E-state index in [9.17, 15) is 33.2 Å². The maximum absolute atomic E-state index is 14.8. The fraction of sp³-hybridized carbons (Fsp3) is 0.469. The summed E-state index contributed by atoms with van der Waals surface area (Å²) in [5.41, 5.74) is 11.8. The van der Waals surface area contributed by atoms with Crippen LogP contribution < -0.4 is 50.7 Å². The van der Waals surface area contributed by atoms with Gasteiger partial charge in [0, 0.05) is 81.2 Å². The molecule has 37 heteroatoms. The Morgan fingerprint density at radius 2 is 1.29 bits per heavy atom. The van der Waals surface area contributed by atoms with Crippen LogP contribution in [0.15, 0.2) is 146 Å². The van der Waals surface area contributed by atoms with Gasteiger partial charge in [-0.25, -0.2) is 43.5 Å². The highest BCUT2D eigenvalue weighted by Crippen LogP contribution is 2.50. The van der Waals surface area contributed by atoms with Crippen molar-refractivity contribution in [3.63, 3.8) is 0 Å². The number of esters is 1. The number of primary amides is 1. The molecule has 9 aromatic rings. The third-order valence-corrected chi connectivity index (χ3v) is 23.3. The number of amides is 6. The lowest BCUT2D eigenvalue weighted by Crippen LogP contribution is -2.57. The zero-order valence-corrected chi connectivity index (χ0v) is 80.3. The number of hydrogen-bond acceptors (Lipinski definition) is 28. The van der Waals surface area contributed by atoms with Crippen molar-refractivity contribution in [2.45, 2.75) is 111 Å². The summed E-state index contributed by atoms with van der Waals surface area (Å²) in [5.74, 6) is -0.0490. The van der Waals surface area contributed by atoms with Crippen molar-refractivity contribution in [3.8, 4) is 61.8 Å². The molecule has 4 heterocycles. The minimum Gasteiger partial charge on any atom is -0.497 e. The summed E-state index contributed by atoms with van der Waals surface area (Å²) in [4.78, 5) is 106. The van der Waals surface area contributed by atoms with Crippen molar-refractivity contribution in [1.82, 2.24) is 45.7 Å². The lowest BCUT2D eigenvalue weighted by Gasteiger charge is -2.42. The van der Waals surface area contributed by atoms with Crippen LogP contribution in [0.1, 0.15) is 81.0 Å². The van der Waals surface area contributed by atoms with E-state index >= 15 is 0 Å². The number of ether oxygens (including phenoxy) is 16. The molecule has 0 radical (unpaired) electrons. The van der Waals surface area contributed by atoms with E-state index in [1.54, 1.807) is 118 Å². The van der Waals surface area contributed by atoms with E-state index in [4.69, 9.17) is 108 Å². The zero-order valence-electron chi connectivity index (χ0n) is 78.7. The number of quaternary nitrogens is 1. The Morgan fingerprint density at radius 1 is 0.652 bits per heavy atom. The van der Waals surface area contributed by atoms with E-state index in [-0.39, 0.29) is 77.9 Å². The number of nitrogens with one attached hydrogen (secondary N) is 4. The monoisotopic (exact) mass is 1910 g/mol. The molecule has 0 saturated carbocycles. The van der Waals surface area contributed by atoms with Crippen LogP contribution in [0.3, 0.4) is 0 Å². The summed E-state index contributed by atoms with van der Waals surface area (Å²) < 4.78 is 108. The zero-order chi connectivity index (χ0) is 96.5. The molecular weight excluding hydrogens is 1780 g/mol. The minimum atomic E-state index is -1.32. The Hall–Kier alpha value is -11.5. The molecule has 1 saturated heterocycles. The van der Waals surface area contributed by atoms with E-state index in [0.717, 1.165) is 18.7 Å². The number of piperazine rings is 1. The number of aromatic nitrogens is 4. The van der Waals surface area contributed by atoms with Crippen LogP contribution in [0.5, 0.6) is 28.9 Å². The molecule has 6 N–H and O–H groups in total. The summed E-state index contributed by atoms with van der Waals surface area (Å²) in [6, 6.07) is 36.1. The number of alkyl carbamates (subject to hydrolysis) is 1. The van der Waals surface area contributed by atoms with Gasteiger partial charge in [-0.2, -0.15) is 0 Å². The molecule has 3 aromatic heterocycles. The Balaban J connectivity index is 0.795. The highest BCUT2D eigenvalue weighted by Gasteiger charge is 2.35. The number of methoxy groups -OCH3 is 3. The highest BCUT2D eigenvalue weighted by atomic mass is 35.5. The highest BCUT2D eigenvalue weighted by molar-refractivity contribution is 7.22. The number of benzene rings is 6. The van der Waals surface area contributed by atoms with Crippen LogP contribution in [-0.4, -0.2) is 281 Å². The van der Waals surface area contributed by atoms with Gasteiger partial charge in [-0.15, -0.1) is 11.3 Å². The predicted molar refractivity (Wildman–Crippen MR) is 507 cm³/mol.